The molecular weight excluding hydrogens is 292 g/mol. The molecule has 0 aliphatic rings. The van der Waals surface area contributed by atoms with Crippen LogP contribution in [0.4, 0.5) is 14.5 Å². The highest BCUT2D eigenvalue weighted by molar-refractivity contribution is 7.99. The second-order valence-corrected chi connectivity index (χ2v) is 5.24. The van der Waals surface area contributed by atoms with Gasteiger partial charge in [0.05, 0.1) is 11.3 Å². The molecule has 1 amide bonds. The Morgan fingerprint density at radius 1 is 1.24 bits per heavy atom. The minimum atomic E-state index is -0.885. The molecule has 2 aromatic carbocycles. The van der Waals surface area contributed by atoms with Crippen LogP contribution in [-0.2, 0) is 0 Å². The smallest absolute Gasteiger partial charge is 0.258 e. The molecule has 0 saturated heterocycles. The molecule has 0 bridgehead atoms. The maximum absolute atomic E-state index is 13.6. The van der Waals surface area contributed by atoms with Gasteiger partial charge in [0.2, 0.25) is 0 Å². The van der Waals surface area contributed by atoms with Gasteiger partial charge < -0.3 is 5.32 Å². The molecule has 0 aromatic heterocycles. The standard InChI is InChI=1S/C16H13F2NOS/c1-2-9-21-15-6-4-3-5-14(15)19-16(20)12-8-7-11(17)10-13(12)18/h2-8,10H,1,9H2,(H,19,20). The van der Waals surface area contributed by atoms with E-state index in [4.69, 9.17) is 0 Å². The van der Waals surface area contributed by atoms with E-state index < -0.39 is 17.5 Å². The first-order chi connectivity index (χ1) is 10.1. The summed E-state index contributed by atoms with van der Waals surface area (Å²) in [5.74, 6) is -1.52. The minimum Gasteiger partial charge on any atom is -0.321 e. The fraction of sp³-hybridized carbons (Fsp3) is 0.0625. The summed E-state index contributed by atoms with van der Waals surface area (Å²) >= 11 is 1.50. The van der Waals surface area contributed by atoms with Gasteiger partial charge in [0, 0.05) is 16.7 Å². The van der Waals surface area contributed by atoms with E-state index >= 15 is 0 Å². The molecule has 0 unspecified atom stereocenters. The molecule has 2 nitrogen and oxygen atoms in total. The van der Waals surface area contributed by atoms with Crippen molar-refractivity contribution in [1.82, 2.24) is 0 Å². The maximum atomic E-state index is 13.6. The third-order valence-electron chi connectivity index (χ3n) is 2.67. The molecule has 2 rings (SSSR count). The van der Waals surface area contributed by atoms with Crippen LogP contribution < -0.4 is 5.32 Å². The van der Waals surface area contributed by atoms with E-state index in [1.54, 1.807) is 18.2 Å². The van der Waals surface area contributed by atoms with E-state index in [9.17, 15) is 13.6 Å². The summed E-state index contributed by atoms with van der Waals surface area (Å²) < 4.78 is 26.4. The summed E-state index contributed by atoms with van der Waals surface area (Å²) in [6, 6.07) is 10.1. The van der Waals surface area contributed by atoms with Crippen molar-refractivity contribution >= 4 is 23.4 Å². The van der Waals surface area contributed by atoms with E-state index in [1.165, 1.54) is 11.8 Å². The predicted octanol–water partition coefficient (Wildman–Crippen LogP) is 4.50. The van der Waals surface area contributed by atoms with Gasteiger partial charge in [-0.05, 0) is 24.3 Å². The Hall–Kier alpha value is -2.14. The number of thioether (sulfide) groups is 1. The van der Waals surface area contributed by atoms with Gasteiger partial charge in [-0.3, -0.25) is 4.79 Å². The first-order valence-electron chi connectivity index (χ1n) is 6.21. The van der Waals surface area contributed by atoms with Crippen LogP contribution in [0.1, 0.15) is 10.4 Å². The first kappa shape index (κ1) is 15.3. The van der Waals surface area contributed by atoms with Crippen LogP contribution in [0.15, 0.2) is 60.0 Å². The molecule has 2 aromatic rings. The maximum Gasteiger partial charge on any atom is 0.258 e. The van der Waals surface area contributed by atoms with Gasteiger partial charge in [0.1, 0.15) is 11.6 Å². The number of nitrogens with one attached hydrogen (secondary N) is 1. The van der Waals surface area contributed by atoms with Crippen LogP contribution in [0, 0.1) is 11.6 Å². The zero-order chi connectivity index (χ0) is 15.2. The van der Waals surface area contributed by atoms with Crippen molar-refractivity contribution in [2.24, 2.45) is 0 Å². The van der Waals surface area contributed by atoms with Crippen LogP contribution in [0.3, 0.4) is 0 Å². The number of benzene rings is 2. The molecule has 1 N–H and O–H groups in total. The van der Waals surface area contributed by atoms with Gasteiger partial charge >= 0.3 is 0 Å². The van der Waals surface area contributed by atoms with Crippen molar-refractivity contribution in [2.45, 2.75) is 4.90 Å². The first-order valence-corrected chi connectivity index (χ1v) is 7.19. The van der Waals surface area contributed by atoms with Gasteiger partial charge in [0.25, 0.3) is 5.91 Å². The number of anilines is 1. The van der Waals surface area contributed by atoms with Gasteiger partial charge in [-0.1, -0.05) is 18.2 Å². The average Bonchev–Trinajstić information content (AvgIpc) is 2.46. The van der Waals surface area contributed by atoms with Gasteiger partial charge in [-0.25, -0.2) is 8.78 Å². The fourth-order valence-corrected chi connectivity index (χ4v) is 2.45. The van der Waals surface area contributed by atoms with Crippen LogP contribution >= 0.6 is 11.8 Å². The SMILES string of the molecule is C=CCSc1ccccc1NC(=O)c1ccc(F)cc1F. The Bertz CT molecular complexity index is 673. The third-order valence-corrected chi connectivity index (χ3v) is 3.74. The Morgan fingerprint density at radius 2 is 2.00 bits per heavy atom. The van der Waals surface area contributed by atoms with E-state index in [1.807, 2.05) is 12.1 Å². The Morgan fingerprint density at radius 3 is 2.71 bits per heavy atom. The third kappa shape index (κ3) is 3.92. The number of carbonyl (C=O) groups is 1. The Labute approximate surface area is 125 Å². The lowest BCUT2D eigenvalue weighted by Crippen LogP contribution is -2.14. The van der Waals surface area contributed by atoms with Crippen molar-refractivity contribution in [2.75, 3.05) is 11.1 Å². The fourth-order valence-electron chi connectivity index (χ4n) is 1.71. The number of rotatable bonds is 5. The number of carbonyl (C=O) groups excluding carboxylic acids is 1. The molecule has 0 radical (unpaired) electrons. The second kappa shape index (κ2) is 7.04. The van der Waals surface area contributed by atoms with Crippen LogP contribution in [-0.4, -0.2) is 11.7 Å². The molecule has 0 spiro atoms. The van der Waals surface area contributed by atoms with E-state index in [2.05, 4.69) is 11.9 Å². The molecule has 108 valence electrons. The van der Waals surface area contributed by atoms with E-state index in [0.29, 0.717) is 17.5 Å². The minimum absolute atomic E-state index is 0.195. The molecule has 0 heterocycles. The summed E-state index contributed by atoms with van der Waals surface area (Å²) in [6.45, 7) is 3.64. The lowest BCUT2D eigenvalue weighted by atomic mass is 10.2. The molecule has 21 heavy (non-hydrogen) atoms. The zero-order valence-electron chi connectivity index (χ0n) is 11.1. The summed E-state index contributed by atoms with van der Waals surface area (Å²) in [7, 11) is 0. The van der Waals surface area contributed by atoms with Crippen molar-refractivity contribution in [1.29, 1.82) is 0 Å². The number of amides is 1. The normalized spacial score (nSPS) is 10.2. The highest BCUT2D eigenvalue weighted by Gasteiger charge is 2.14. The lowest BCUT2D eigenvalue weighted by molar-refractivity contribution is 0.102. The summed E-state index contributed by atoms with van der Waals surface area (Å²) in [5, 5.41) is 2.64. The topological polar surface area (TPSA) is 29.1 Å². The van der Waals surface area contributed by atoms with Crippen LogP contribution in [0.25, 0.3) is 0 Å². The molecule has 0 aliphatic heterocycles. The Kier molecular flexibility index (Phi) is 5.11. The summed E-state index contributed by atoms with van der Waals surface area (Å²) in [6.07, 6.45) is 1.75. The average molecular weight is 305 g/mol. The quantitative estimate of drug-likeness (QED) is 0.651. The Balaban J connectivity index is 2.21. The molecular formula is C16H13F2NOS. The molecule has 0 fully saturated rings. The molecule has 0 saturated carbocycles. The van der Waals surface area contributed by atoms with Crippen molar-refractivity contribution < 1.29 is 13.6 Å². The largest absolute Gasteiger partial charge is 0.321 e. The van der Waals surface area contributed by atoms with E-state index in [-0.39, 0.29) is 5.56 Å². The molecule has 0 aliphatic carbocycles. The summed E-state index contributed by atoms with van der Waals surface area (Å²) in [5.41, 5.74) is 0.387. The van der Waals surface area contributed by atoms with Crippen molar-refractivity contribution in [3.8, 4) is 0 Å². The number of para-hydroxylation sites is 1. The molecule has 0 atom stereocenters. The second-order valence-electron chi connectivity index (χ2n) is 4.17. The summed E-state index contributed by atoms with van der Waals surface area (Å²) in [4.78, 5) is 12.9. The molecule has 5 heteroatoms. The van der Waals surface area contributed by atoms with Crippen molar-refractivity contribution in [3.63, 3.8) is 0 Å². The highest BCUT2D eigenvalue weighted by Crippen LogP contribution is 2.27. The number of hydrogen-bond acceptors (Lipinski definition) is 2. The number of halogens is 2. The number of hydrogen-bond donors (Lipinski definition) is 1. The lowest BCUT2D eigenvalue weighted by Gasteiger charge is -2.10. The van der Waals surface area contributed by atoms with Gasteiger partial charge in [-0.2, -0.15) is 0 Å². The van der Waals surface area contributed by atoms with Crippen molar-refractivity contribution in [3.05, 3.63) is 72.3 Å². The van der Waals surface area contributed by atoms with Crippen LogP contribution in [0.5, 0.6) is 0 Å². The highest BCUT2D eigenvalue weighted by atomic mass is 32.2. The monoisotopic (exact) mass is 305 g/mol. The van der Waals surface area contributed by atoms with Gasteiger partial charge in [0.15, 0.2) is 0 Å². The van der Waals surface area contributed by atoms with E-state index in [0.717, 1.165) is 17.0 Å². The zero-order valence-corrected chi connectivity index (χ0v) is 11.9. The predicted molar refractivity (Wildman–Crippen MR) is 81.7 cm³/mol. The van der Waals surface area contributed by atoms with Gasteiger partial charge in [-0.15, -0.1) is 18.3 Å². The van der Waals surface area contributed by atoms with Crippen LogP contribution in [0.2, 0.25) is 0 Å².